The van der Waals surface area contributed by atoms with Gasteiger partial charge in [-0.25, -0.2) is 9.78 Å². The number of likely N-dealkylation sites (N-methyl/N-ethyl adjacent to an activating group) is 1. The molecule has 0 bridgehead atoms. The number of aromatic nitrogens is 1. The summed E-state index contributed by atoms with van der Waals surface area (Å²) >= 11 is 0. The first kappa shape index (κ1) is 16.4. The molecular formula is C18H21N3O3. The number of rotatable bonds is 3. The minimum atomic E-state index is -1.01. The maximum Gasteiger partial charge on any atom is 0.339 e. The molecule has 1 fully saturated rings. The first-order chi connectivity index (χ1) is 11.5. The summed E-state index contributed by atoms with van der Waals surface area (Å²) in [7, 11) is 1.94. The molecule has 0 amide bonds. The predicted molar refractivity (Wildman–Crippen MR) is 92.3 cm³/mol. The Kier molecular flexibility index (Phi) is 4.78. The lowest BCUT2D eigenvalue weighted by molar-refractivity contribution is 0.0697. The molecule has 2 N–H and O–H groups in total. The van der Waals surface area contributed by atoms with Gasteiger partial charge < -0.3 is 20.0 Å². The third kappa shape index (κ3) is 3.55. The Morgan fingerprint density at radius 3 is 2.58 bits per heavy atom. The topological polar surface area (TPSA) is 76.9 Å². The molecule has 1 aliphatic rings. The number of carbonyl (C=O) groups is 1. The molecule has 2 aromatic rings. The number of β-amino-alcohol motifs (C(OH)–C–C–N with tert-alkyl or cyclic N) is 1. The van der Waals surface area contributed by atoms with Gasteiger partial charge in [-0.2, -0.15) is 0 Å². The lowest BCUT2D eigenvalue weighted by atomic mass is 10.1. The fourth-order valence-electron chi connectivity index (χ4n) is 2.96. The summed E-state index contributed by atoms with van der Waals surface area (Å²) in [6.07, 6.45) is -0.540. The Morgan fingerprint density at radius 1 is 1.12 bits per heavy atom. The van der Waals surface area contributed by atoms with E-state index >= 15 is 0 Å². The zero-order valence-corrected chi connectivity index (χ0v) is 13.6. The van der Waals surface area contributed by atoms with Crippen LogP contribution >= 0.6 is 0 Å². The normalized spacial score (nSPS) is 19.1. The van der Waals surface area contributed by atoms with Gasteiger partial charge in [0.1, 0.15) is 11.4 Å². The van der Waals surface area contributed by atoms with Crippen molar-refractivity contribution in [1.82, 2.24) is 9.88 Å². The zero-order chi connectivity index (χ0) is 17.1. The molecule has 0 saturated carbocycles. The second kappa shape index (κ2) is 6.98. The Labute approximate surface area is 141 Å². The van der Waals surface area contributed by atoms with Crippen molar-refractivity contribution in [3.63, 3.8) is 0 Å². The molecule has 2 heterocycles. The Morgan fingerprint density at radius 2 is 1.88 bits per heavy atom. The van der Waals surface area contributed by atoms with Crippen LogP contribution < -0.4 is 4.90 Å². The molecule has 6 heteroatoms. The maximum absolute atomic E-state index is 11.6. The fraction of sp³-hybridized carbons (Fsp3) is 0.333. The number of hydrogen-bond donors (Lipinski definition) is 2. The molecule has 1 unspecified atom stereocenters. The van der Waals surface area contributed by atoms with Gasteiger partial charge >= 0.3 is 5.97 Å². The molecule has 1 atom stereocenters. The second-order valence-electron chi connectivity index (χ2n) is 6.10. The van der Waals surface area contributed by atoms with Crippen molar-refractivity contribution in [1.29, 1.82) is 0 Å². The SMILES string of the molecule is CN1CCN(c2nc(-c3ccccc3)ccc2C(=O)O)CC(O)C1. The van der Waals surface area contributed by atoms with Crippen LogP contribution in [0, 0.1) is 0 Å². The number of pyridine rings is 1. The minimum Gasteiger partial charge on any atom is -0.478 e. The van der Waals surface area contributed by atoms with Crippen LogP contribution in [0.5, 0.6) is 0 Å². The van der Waals surface area contributed by atoms with Crippen LogP contribution in [0.25, 0.3) is 11.3 Å². The van der Waals surface area contributed by atoms with E-state index < -0.39 is 12.1 Å². The van der Waals surface area contributed by atoms with Crippen molar-refractivity contribution in [3.8, 4) is 11.3 Å². The molecule has 1 saturated heterocycles. The molecule has 24 heavy (non-hydrogen) atoms. The van der Waals surface area contributed by atoms with Crippen LogP contribution in [-0.2, 0) is 0 Å². The molecular weight excluding hydrogens is 306 g/mol. The van der Waals surface area contributed by atoms with Gasteiger partial charge in [0.15, 0.2) is 0 Å². The summed E-state index contributed by atoms with van der Waals surface area (Å²) in [6, 6.07) is 13.0. The van der Waals surface area contributed by atoms with E-state index in [0.29, 0.717) is 25.5 Å². The number of aliphatic hydroxyl groups excluding tert-OH is 1. The molecule has 0 aliphatic carbocycles. The number of benzene rings is 1. The number of aromatic carboxylic acids is 1. The van der Waals surface area contributed by atoms with Crippen LogP contribution in [0.3, 0.4) is 0 Å². The summed E-state index contributed by atoms with van der Waals surface area (Å²) in [5, 5.41) is 19.7. The number of aliphatic hydroxyl groups is 1. The molecule has 126 valence electrons. The number of carboxylic acids is 1. The molecule has 6 nitrogen and oxygen atoms in total. The first-order valence-electron chi connectivity index (χ1n) is 7.96. The van der Waals surface area contributed by atoms with E-state index in [1.54, 1.807) is 12.1 Å². The number of carboxylic acid groups (broad SMARTS) is 1. The Balaban J connectivity index is 2.02. The van der Waals surface area contributed by atoms with Crippen molar-refractivity contribution in [2.75, 3.05) is 38.1 Å². The largest absolute Gasteiger partial charge is 0.478 e. The predicted octanol–water partition coefficient (Wildman–Crippen LogP) is 1.56. The van der Waals surface area contributed by atoms with Crippen molar-refractivity contribution in [2.24, 2.45) is 0 Å². The van der Waals surface area contributed by atoms with Crippen LogP contribution in [0.2, 0.25) is 0 Å². The fourth-order valence-corrected chi connectivity index (χ4v) is 2.96. The minimum absolute atomic E-state index is 0.159. The van der Waals surface area contributed by atoms with Gasteiger partial charge in [0.25, 0.3) is 0 Å². The van der Waals surface area contributed by atoms with E-state index in [9.17, 15) is 15.0 Å². The number of anilines is 1. The van der Waals surface area contributed by atoms with Gasteiger partial charge in [-0.3, -0.25) is 0 Å². The Bertz CT molecular complexity index is 721. The molecule has 1 aromatic carbocycles. The lowest BCUT2D eigenvalue weighted by Crippen LogP contribution is -2.34. The standard InChI is InChI=1S/C18H21N3O3/c1-20-9-10-21(12-14(22)11-20)17-15(18(23)24)7-8-16(19-17)13-5-3-2-4-6-13/h2-8,14,22H,9-12H2,1H3,(H,23,24). The zero-order valence-electron chi connectivity index (χ0n) is 13.6. The molecule has 1 aromatic heterocycles. The quantitative estimate of drug-likeness (QED) is 0.891. The van der Waals surface area contributed by atoms with Crippen molar-refractivity contribution in [3.05, 3.63) is 48.0 Å². The van der Waals surface area contributed by atoms with Crippen LogP contribution in [0.15, 0.2) is 42.5 Å². The Hall–Kier alpha value is -2.44. The van der Waals surface area contributed by atoms with Crippen molar-refractivity contribution in [2.45, 2.75) is 6.10 Å². The summed E-state index contributed by atoms with van der Waals surface area (Å²) in [4.78, 5) is 20.1. The number of nitrogens with zero attached hydrogens (tertiary/aromatic N) is 3. The summed E-state index contributed by atoms with van der Waals surface area (Å²) in [6.45, 7) is 2.31. The van der Waals surface area contributed by atoms with E-state index in [-0.39, 0.29) is 5.56 Å². The van der Waals surface area contributed by atoms with Crippen molar-refractivity contribution >= 4 is 11.8 Å². The van der Waals surface area contributed by atoms with Gasteiger partial charge in [0, 0.05) is 31.7 Å². The highest BCUT2D eigenvalue weighted by atomic mass is 16.4. The van der Waals surface area contributed by atoms with Crippen LogP contribution in [0.1, 0.15) is 10.4 Å². The lowest BCUT2D eigenvalue weighted by Gasteiger charge is -2.25. The molecule has 0 spiro atoms. The van der Waals surface area contributed by atoms with Gasteiger partial charge in [0.2, 0.25) is 0 Å². The monoisotopic (exact) mass is 327 g/mol. The number of hydrogen-bond acceptors (Lipinski definition) is 5. The van der Waals surface area contributed by atoms with E-state index in [4.69, 9.17) is 0 Å². The van der Waals surface area contributed by atoms with Gasteiger partial charge in [-0.05, 0) is 19.2 Å². The highest BCUT2D eigenvalue weighted by Crippen LogP contribution is 2.25. The maximum atomic E-state index is 11.6. The van der Waals surface area contributed by atoms with Crippen molar-refractivity contribution < 1.29 is 15.0 Å². The van der Waals surface area contributed by atoms with Gasteiger partial charge in [-0.1, -0.05) is 30.3 Å². The molecule has 0 radical (unpaired) electrons. The molecule has 3 rings (SSSR count). The van der Waals surface area contributed by atoms with E-state index in [1.165, 1.54) is 0 Å². The third-order valence-electron chi connectivity index (χ3n) is 4.18. The van der Waals surface area contributed by atoms with Crippen LogP contribution in [0.4, 0.5) is 5.82 Å². The summed E-state index contributed by atoms with van der Waals surface area (Å²) in [5.41, 5.74) is 1.82. The van der Waals surface area contributed by atoms with E-state index in [2.05, 4.69) is 4.98 Å². The van der Waals surface area contributed by atoms with Gasteiger partial charge in [-0.15, -0.1) is 0 Å². The summed E-state index contributed by atoms with van der Waals surface area (Å²) < 4.78 is 0. The highest BCUT2D eigenvalue weighted by Gasteiger charge is 2.24. The van der Waals surface area contributed by atoms with E-state index in [0.717, 1.165) is 17.8 Å². The van der Waals surface area contributed by atoms with E-state index in [1.807, 2.05) is 47.2 Å². The van der Waals surface area contributed by atoms with Crippen LogP contribution in [-0.4, -0.2) is 65.4 Å². The smallest absolute Gasteiger partial charge is 0.339 e. The highest BCUT2D eigenvalue weighted by molar-refractivity contribution is 5.94. The third-order valence-corrected chi connectivity index (χ3v) is 4.18. The average molecular weight is 327 g/mol. The van der Waals surface area contributed by atoms with Gasteiger partial charge in [0.05, 0.1) is 11.8 Å². The summed E-state index contributed by atoms with van der Waals surface area (Å²) in [5.74, 6) is -0.595. The second-order valence-corrected chi connectivity index (χ2v) is 6.10. The average Bonchev–Trinajstić information content (AvgIpc) is 2.75. The first-order valence-corrected chi connectivity index (χ1v) is 7.96. The molecule has 1 aliphatic heterocycles.